The minimum Gasteiger partial charge on any atom is -0.436 e. The van der Waals surface area contributed by atoms with Crippen LogP contribution in [0.25, 0.3) is 0 Å². The summed E-state index contributed by atoms with van der Waals surface area (Å²) < 4.78 is 5.33. The smallest absolute Gasteiger partial charge is 0.292 e. The van der Waals surface area contributed by atoms with Crippen LogP contribution in [0, 0.1) is 32.1 Å². The summed E-state index contributed by atoms with van der Waals surface area (Å²) in [5.41, 5.74) is 0.630. The Balaban J connectivity index is 2.14. The molecule has 1 aliphatic rings. The number of hydrogen-bond donors (Lipinski definition) is 0. The molecule has 0 atom stereocenters. The molecule has 4 heteroatoms. The number of hydrogen-bond acceptors (Lipinski definition) is 3. The lowest BCUT2D eigenvalue weighted by atomic mass is 10.3. The van der Waals surface area contributed by atoms with Crippen molar-refractivity contribution < 1.29 is 9.21 Å². The molecule has 1 amide bonds. The van der Waals surface area contributed by atoms with E-state index in [4.69, 9.17) is 10.8 Å². The molecule has 1 aromatic heterocycles. The van der Waals surface area contributed by atoms with Crippen LogP contribution in [0.5, 0.6) is 0 Å². The van der Waals surface area contributed by atoms with Crippen LogP contribution < -0.4 is 0 Å². The van der Waals surface area contributed by atoms with Crippen LogP contribution in [0.3, 0.4) is 0 Å². The van der Waals surface area contributed by atoms with Gasteiger partial charge in [0.15, 0.2) is 5.89 Å². The second kappa shape index (κ2) is 4.62. The summed E-state index contributed by atoms with van der Waals surface area (Å²) in [5, 5.41) is 0. The van der Waals surface area contributed by atoms with Crippen LogP contribution in [0.4, 0.5) is 0 Å². The van der Waals surface area contributed by atoms with Crippen molar-refractivity contribution >= 4 is 5.91 Å². The van der Waals surface area contributed by atoms with Crippen molar-refractivity contribution in [1.29, 1.82) is 0 Å². The summed E-state index contributed by atoms with van der Waals surface area (Å²) in [6, 6.07) is 0. The lowest BCUT2D eigenvalue weighted by molar-refractivity contribution is 0.0735. The van der Waals surface area contributed by atoms with Gasteiger partial charge < -0.3 is 9.32 Å². The highest BCUT2D eigenvalue weighted by Gasteiger charge is 2.29. The van der Waals surface area contributed by atoms with Crippen LogP contribution in [-0.4, -0.2) is 28.9 Å². The van der Waals surface area contributed by atoms with Crippen molar-refractivity contribution in [2.45, 2.75) is 26.7 Å². The van der Waals surface area contributed by atoms with Gasteiger partial charge in [-0.2, -0.15) is 0 Å². The summed E-state index contributed by atoms with van der Waals surface area (Å²) in [6.45, 7) is 4.56. The maximum Gasteiger partial charge on any atom is 0.292 e. The molecule has 0 bridgehead atoms. The molecule has 0 radical (unpaired) electrons. The molecule has 0 N–H and O–H groups in total. The molecular weight excluding hydrogens is 216 g/mol. The van der Waals surface area contributed by atoms with E-state index in [0.717, 1.165) is 6.54 Å². The van der Waals surface area contributed by atoms with E-state index < -0.39 is 0 Å². The van der Waals surface area contributed by atoms with Gasteiger partial charge in [-0.3, -0.25) is 4.79 Å². The van der Waals surface area contributed by atoms with E-state index in [2.05, 4.69) is 10.9 Å². The van der Waals surface area contributed by atoms with E-state index in [0.29, 0.717) is 29.8 Å². The van der Waals surface area contributed by atoms with Crippen molar-refractivity contribution in [1.82, 2.24) is 9.88 Å². The standard InChI is InChI=1S/C13H16N2O2/c1-4-7-15(8-11-5-6-11)13(16)12-9(2)14-10(3)17-12/h1,11H,5-8H2,2-3H3. The van der Waals surface area contributed by atoms with Crippen molar-refractivity contribution in [3.63, 3.8) is 0 Å². The first kappa shape index (κ1) is 11.7. The molecule has 1 saturated carbocycles. The minimum atomic E-state index is -0.145. The highest BCUT2D eigenvalue weighted by molar-refractivity contribution is 5.92. The summed E-state index contributed by atoms with van der Waals surface area (Å²) in [6.07, 6.45) is 7.66. The lowest BCUT2D eigenvalue weighted by Crippen LogP contribution is -2.33. The Morgan fingerprint density at radius 2 is 2.29 bits per heavy atom. The van der Waals surface area contributed by atoms with Gasteiger partial charge >= 0.3 is 0 Å². The first-order valence-electron chi connectivity index (χ1n) is 5.78. The summed E-state index contributed by atoms with van der Waals surface area (Å²) >= 11 is 0. The van der Waals surface area contributed by atoms with Gasteiger partial charge in [0.05, 0.1) is 12.2 Å². The molecule has 1 aromatic rings. The van der Waals surface area contributed by atoms with E-state index in [1.807, 2.05) is 0 Å². The molecule has 2 rings (SSSR count). The number of carbonyl (C=O) groups excluding carboxylic acids is 1. The van der Waals surface area contributed by atoms with Crippen LogP contribution in [0.2, 0.25) is 0 Å². The van der Waals surface area contributed by atoms with Gasteiger partial charge in [-0.25, -0.2) is 4.98 Å². The van der Waals surface area contributed by atoms with E-state index in [1.165, 1.54) is 12.8 Å². The van der Waals surface area contributed by atoms with Crippen molar-refractivity contribution in [2.24, 2.45) is 5.92 Å². The Labute approximate surface area is 101 Å². The fourth-order valence-corrected chi connectivity index (χ4v) is 1.81. The van der Waals surface area contributed by atoms with Gasteiger partial charge in [-0.15, -0.1) is 6.42 Å². The zero-order chi connectivity index (χ0) is 12.4. The summed E-state index contributed by atoms with van der Waals surface area (Å²) in [4.78, 5) is 18.0. The molecule has 90 valence electrons. The van der Waals surface area contributed by atoms with E-state index in [1.54, 1.807) is 18.7 Å². The lowest BCUT2D eigenvalue weighted by Gasteiger charge is -2.18. The molecule has 1 heterocycles. The molecule has 0 spiro atoms. The van der Waals surface area contributed by atoms with E-state index in [9.17, 15) is 4.79 Å². The predicted molar refractivity (Wildman–Crippen MR) is 63.4 cm³/mol. The molecule has 0 aliphatic heterocycles. The maximum atomic E-state index is 12.2. The molecule has 0 saturated heterocycles. The average Bonchev–Trinajstić information content (AvgIpc) is 3.02. The number of aromatic nitrogens is 1. The second-order valence-corrected chi connectivity index (χ2v) is 4.48. The number of amides is 1. The van der Waals surface area contributed by atoms with Gasteiger partial charge in [0.2, 0.25) is 5.76 Å². The average molecular weight is 232 g/mol. The van der Waals surface area contributed by atoms with Crippen molar-refractivity contribution in [2.75, 3.05) is 13.1 Å². The predicted octanol–water partition coefficient (Wildman–Crippen LogP) is 1.78. The van der Waals surface area contributed by atoms with Crippen LogP contribution in [-0.2, 0) is 0 Å². The third-order valence-electron chi connectivity index (χ3n) is 2.84. The van der Waals surface area contributed by atoms with E-state index >= 15 is 0 Å². The van der Waals surface area contributed by atoms with Crippen LogP contribution >= 0.6 is 0 Å². The van der Waals surface area contributed by atoms with E-state index in [-0.39, 0.29) is 5.91 Å². The number of aryl methyl sites for hydroxylation is 2. The largest absolute Gasteiger partial charge is 0.436 e. The fourth-order valence-electron chi connectivity index (χ4n) is 1.81. The molecule has 1 fully saturated rings. The quantitative estimate of drug-likeness (QED) is 0.743. The van der Waals surface area contributed by atoms with Gasteiger partial charge in [0, 0.05) is 13.5 Å². The summed E-state index contributed by atoms with van der Waals surface area (Å²) in [7, 11) is 0. The van der Waals surface area contributed by atoms with Crippen molar-refractivity contribution in [3.05, 3.63) is 17.3 Å². The third kappa shape index (κ3) is 2.68. The summed E-state index contributed by atoms with van der Waals surface area (Å²) in [5.74, 6) is 3.81. The number of nitrogens with zero attached hydrogens (tertiary/aromatic N) is 2. The van der Waals surface area contributed by atoms with Gasteiger partial charge in [0.25, 0.3) is 5.91 Å². The van der Waals surface area contributed by atoms with Gasteiger partial charge in [0.1, 0.15) is 0 Å². The fraction of sp³-hybridized carbons (Fsp3) is 0.538. The zero-order valence-corrected chi connectivity index (χ0v) is 10.2. The second-order valence-electron chi connectivity index (χ2n) is 4.48. The molecule has 4 nitrogen and oxygen atoms in total. The Morgan fingerprint density at radius 1 is 1.59 bits per heavy atom. The van der Waals surface area contributed by atoms with Crippen LogP contribution in [0.15, 0.2) is 4.42 Å². The highest BCUT2D eigenvalue weighted by atomic mass is 16.4. The normalized spacial score (nSPS) is 14.4. The Kier molecular flexibility index (Phi) is 3.19. The Bertz CT molecular complexity index is 466. The first-order chi connectivity index (χ1) is 8.11. The molecule has 0 unspecified atom stereocenters. The maximum absolute atomic E-state index is 12.2. The number of terminal acetylenes is 1. The zero-order valence-electron chi connectivity index (χ0n) is 10.2. The Hall–Kier alpha value is -1.76. The first-order valence-corrected chi connectivity index (χ1v) is 5.78. The topological polar surface area (TPSA) is 46.3 Å². The molecule has 17 heavy (non-hydrogen) atoms. The highest BCUT2D eigenvalue weighted by Crippen LogP contribution is 2.30. The molecule has 0 aromatic carbocycles. The third-order valence-corrected chi connectivity index (χ3v) is 2.84. The molecular formula is C13H16N2O2. The minimum absolute atomic E-state index is 0.145. The number of rotatable bonds is 4. The number of oxazole rings is 1. The number of carbonyl (C=O) groups is 1. The SMILES string of the molecule is C#CCN(CC1CC1)C(=O)c1oc(C)nc1C. The monoisotopic (exact) mass is 232 g/mol. The molecule has 1 aliphatic carbocycles. The Morgan fingerprint density at radius 3 is 2.76 bits per heavy atom. The van der Waals surface area contributed by atoms with Gasteiger partial charge in [-0.05, 0) is 25.7 Å². The van der Waals surface area contributed by atoms with Crippen molar-refractivity contribution in [3.8, 4) is 12.3 Å². The van der Waals surface area contributed by atoms with Crippen LogP contribution in [0.1, 0.15) is 35.0 Å². The van der Waals surface area contributed by atoms with Gasteiger partial charge in [-0.1, -0.05) is 5.92 Å².